The molecule has 1 aromatic rings. The number of hydrogen-bond donors (Lipinski definition) is 0. The molecule has 0 aromatic heterocycles. The number of benzene rings is 1. The van der Waals surface area contributed by atoms with E-state index < -0.39 is 15.0 Å². The zero-order valence-electron chi connectivity index (χ0n) is 8.24. The number of carbonyl (C=O) groups excluding carboxylic acids is 1. The first-order valence-corrected chi connectivity index (χ1v) is 6.98. The summed E-state index contributed by atoms with van der Waals surface area (Å²) in [5.74, 6) is -0.916. The Hall–Kier alpha value is -0.780. The van der Waals surface area contributed by atoms with Gasteiger partial charge in [0.15, 0.2) is 0 Å². The highest BCUT2D eigenvalue weighted by Gasteiger charge is 2.13. The van der Waals surface area contributed by atoms with Gasteiger partial charge < -0.3 is 4.74 Å². The molecule has 1 aromatic carbocycles. The number of rotatable bonds is 3. The van der Waals surface area contributed by atoms with E-state index in [0.29, 0.717) is 5.56 Å². The summed E-state index contributed by atoms with van der Waals surface area (Å²) in [7, 11) is 2.68. The smallest absolute Gasteiger partial charge is 0.339 e. The molecule has 0 aliphatic rings. The Bertz CT molecular complexity index is 510. The summed E-state index contributed by atoms with van der Waals surface area (Å²) in [5, 5.41) is 0.129. The number of hydrogen-bond acceptors (Lipinski definition) is 4. The average Bonchev–Trinajstić information content (AvgIpc) is 2.14. The maximum atomic E-state index is 11.2. The van der Waals surface area contributed by atoms with Crippen LogP contribution in [0.15, 0.2) is 18.2 Å². The van der Waals surface area contributed by atoms with Crippen molar-refractivity contribution in [1.29, 1.82) is 0 Å². The van der Waals surface area contributed by atoms with E-state index in [9.17, 15) is 13.2 Å². The van der Waals surface area contributed by atoms with Gasteiger partial charge in [-0.05, 0) is 17.7 Å². The third-order valence-corrected chi connectivity index (χ3v) is 3.10. The van der Waals surface area contributed by atoms with Gasteiger partial charge >= 0.3 is 5.97 Å². The Labute approximate surface area is 103 Å². The maximum absolute atomic E-state index is 11.2. The van der Waals surface area contributed by atoms with E-state index in [0.717, 1.165) is 0 Å². The molecular formula is C9H8Cl2O4S. The molecule has 0 heterocycles. The third-order valence-electron chi connectivity index (χ3n) is 1.78. The van der Waals surface area contributed by atoms with Crippen molar-refractivity contribution in [3.8, 4) is 0 Å². The topological polar surface area (TPSA) is 60.4 Å². The van der Waals surface area contributed by atoms with Crippen LogP contribution in [0.4, 0.5) is 0 Å². The first kappa shape index (κ1) is 13.3. The van der Waals surface area contributed by atoms with Crippen LogP contribution < -0.4 is 0 Å². The van der Waals surface area contributed by atoms with Crippen LogP contribution in [-0.2, 0) is 19.5 Å². The fourth-order valence-corrected chi connectivity index (χ4v) is 2.36. The van der Waals surface area contributed by atoms with Crippen LogP contribution in [0.1, 0.15) is 15.9 Å². The van der Waals surface area contributed by atoms with Crippen molar-refractivity contribution in [2.75, 3.05) is 7.11 Å². The second kappa shape index (κ2) is 5.03. The fraction of sp³-hybridized carbons (Fsp3) is 0.222. The Balaban J connectivity index is 3.05. The SMILES string of the molecule is COC(=O)c1ccc(CS(=O)(=O)Cl)cc1Cl. The Morgan fingerprint density at radius 1 is 1.44 bits per heavy atom. The van der Waals surface area contributed by atoms with Gasteiger partial charge in [0.25, 0.3) is 0 Å². The minimum Gasteiger partial charge on any atom is -0.465 e. The third kappa shape index (κ3) is 3.66. The molecule has 88 valence electrons. The highest BCUT2D eigenvalue weighted by Crippen LogP contribution is 2.20. The van der Waals surface area contributed by atoms with E-state index in [-0.39, 0.29) is 16.3 Å². The van der Waals surface area contributed by atoms with Crippen molar-refractivity contribution < 1.29 is 17.9 Å². The summed E-state index contributed by atoms with van der Waals surface area (Å²) in [6.45, 7) is 0. The predicted octanol–water partition coefficient (Wildman–Crippen LogP) is 2.20. The molecule has 0 saturated heterocycles. The number of methoxy groups -OCH3 is 1. The maximum Gasteiger partial charge on any atom is 0.339 e. The van der Waals surface area contributed by atoms with Gasteiger partial charge in [0.2, 0.25) is 9.05 Å². The number of esters is 1. The lowest BCUT2D eigenvalue weighted by atomic mass is 10.1. The van der Waals surface area contributed by atoms with E-state index in [4.69, 9.17) is 22.3 Å². The van der Waals surface area contributed by atoms with Crippen LogP contribution in [0.3, 0.4) is 0 Å². The van der Waals surface area contributed by atoms with Crippen LogP contribution in [0.25, 0.3) is 0 Å². The second-order valence-electron chi connectivity index (χ2n) is 2.99. The summed E-state index contributed by atoms with van der Waals surface area (Å²) in [6, 6.07) is 4.22. The van der Waals surface area contributed by atoms with E-state index in [1.807, 2.05) is 0 Å². The van der Waals surface area contributed by atoms with E-state index >= 15 is 0 Å². The predicted molar refractivity (Wildman–Crippen MR) is 61.3 cm³/mol. The molecule has 0 aliphatic heterocycles. The second-order valence-corrected chi connectivity index (χ2v) is 6.17. The zero-order chi connectivity index (χ0) is 12.3. The standard InChI is InChI=1S/C9H8Cl2O4S/c1-15-9(12)7-3-2-6(4-8(7)10)5-16(11,13)14/h2-4H,5H2,1H3. The number of carbonyl (C=O) groups is 1. The highest BCUT2D eigenvalue weighted by atomic mass is 35.7. The van der Waals surface area contributed by atoms with Crippen molar-refractivity contribution in [1.82, 2.24) is 0 Å². The normalized spacial score (nSPS) is 11.2. The molecule has 0 saturated carbocycles. The van der Waals surface area contributed by atoms with Gasteiger partial charge in [-0.3, -0.25) is 0 Å². The van der Waals surface area contributed by atoms with Crippen LogP contribution >= 0.6 is 22.3 Å². The monoisotopic (exact) mass is 282 g/mol. The van der Waals surface area contributed by atoms with Gasteiger partial charge in [0.05, 0.1) is 23.4 Å². The Morgan fingerprint density at radius 3 is 2.50 bits per heavy atom. The lowest BCUT2D eigenvalue weighted by Crippen LogP contribution is -2.03. The summed E-state index contributed by atoms with van der Waals surface area (Å²) >= 11 is 5.79. The largest absolute Gasteiger partial charge is 0.465 e. The molecule has 0 unspecified atom stereocenters. The van der Waals surface area contributed by atoms with Crippen molar-refractivity contribution in [2.45, 2.75) is 5.75 Å². The fourth-order valence-electron chi connectivity index (χ4n) is 1.12. The first-order chi connectivity index (χ1) is 7.33. The van der Waals surface area contributed by atoms with Gasteiger partial charge in [0, 0.05) is 10.7 Å². The molecule has 0 radical (unpaired) electrons. The molecule has 4 nitrogen and oxygen atoms in total. The Morgan fingerprint density at radius 2 is 2.06 bits per heavy atom. The average molecular weight is 283 g/mol. The molecule has 16 heavy (non-hydrogen) atoms. The van der Waals surface area contributed by atoms with Crippen LogP contribution in [0.5, 0.6) is 0 Å². The minimum atomic E-state index is -3.64. The summed E-state index contributed by atoms with van der Waals surface area (Å²) in [5.41, 5.74) is 0.590. The number of halogens is 2. The molecule has 0 aliphatic carbocycles. The van der Waals surface area contributed by atoms with Crippen molar-refractivity contribution in [2.24, 2.45) is 0 Å². The van der Waals surface area contributed by atoms with Crippen molar-refractivity contribution in [3.63, 3.8) is 0 Å². The van der Waals surface area contributed by atoms with Gasteiger partial charge in [-0.15, -0.1) is 0 Å². The van der Waals surface area contributed by atoms with Crippen molar-refractivity contribution in [3.05, 3.63) is 34.3 Å². The number of ether oxygens (including phenoxy) is 1. The van der Waals surface area contributed by atoms with E-state index in [2.05, 4.69) is 4.74 Å². The molecule has 0 spiro atoms. The molecule has 0 fully saturated rings. The zero-order valence-corrected chi connectivity index (χ0v) is 10.6. The summed E-state index contributed by atoms with van der Waals surface area (Å²) in [4.78, 5) is 11.2. The molecule has 0 amide bonds. The van der Waals surface area contributed by atoms with Crippen LogP contribution in [-0.4, -0.2) is 21.5 Å². The minimum absolute atomic E-state index is 0.129. The first-order valence-electron chi connectivity index (χ1n) is 4.12. The molecular weight excluding hydrogens is 275 g/mol. The summed E-state index contributed by atoms with van der Waals surface area (Å²) in [6.07, 6.45) is 0. The molecule has 0 N–H and O–H groups in total. The highest BCUT2D eigenvalue weighted by molar-refractivity contribution is 8.13. The van der Waals surface area contributed by atoms with Gasteiger partial charge in [0.1, 0.15) is 0 Å². The molecule has 0 bridgehead atoms. The lowest BCUT2D eigenvalue weighted by Gasteiger charge is -2.04. The summed E-state index contributed by atoms with van der Waals surface area (Å²) < 4.78 is 26.1. The van der Waals surface area contributed by atoms with Crippen LogP contribution in [0, 0.1) is 0 Å². The molecule has 0 atom stereocenters. The van der Waals surface area contributed by atoms with Crippen molar-refractivity contribution >= 4 is 37.3 Å². The quantitative estimate of drug-likeness (QED) is 0.630. The molecule has 7 heteroatoms. The van der Waals surface area contributed by atoms with Gasteiger partial charge in [-0.2, -0.15) is 0 Å². The molecule has 1 rings (SSSR count). The van der Waals surface area contributed by atoms with Gasteiger partial charge in [-0.25, -0.2) is 13.2 Å². The lowest BCUT2D eigenvalue weighted by molar-refractivity contribution is 0.0601. The Kier molecular flexibility index (Phi) is 4.18. The van der Waals surface area contributed by atoms with E-state index in [1.54, 1.807) is 0 Å². The van der Waals surface area contributed by atoms with Gasteiger partial charge in [-0.1, -0.05) is 17.7 Å². The van der Waals surface area contributed by atoms with Crippen LogP contribution in [0.2, 0.25) is 5.02 Å². The van der Waals surface area contributed by atoms with E-state index in [1.165, 1.54) is 25.3 Å².